The van der Waals surface area contributed by atoms with Gasteiger partial charge in [-0.05, 0) is 19.1 Å². The van der Waals surface area contributed by atoms with Crippen molar-refractivity contribution in [2.24, 2.45) is 7.05 Å². The Kier molecular flexibility index (Phi) is 3.71. The van der Waals surface area contributed by atoms with Gasteiger partial charge in [0.15, 0.2) is 11.0 Å². The molecule has 0 atom stereocenters. The molecule has 2 rings (SSSR count). The molecule has 0 aliphatic rings. The van der Waals surface area contributed by atoms with E-state index in [1.54, 1.807) is 6.92 Å². The molecular formula is C12H11ClN4O3. The second-order valence-corrected chi connectivity index (χ2v) is 4.49. The van der Waals surface area contributed by atoms with E-state index in [0.717, 1.165) is 0 Å². The molecule has 0 aliphatic carbocycles. The van der Waals surface area contributed by atoms with Crippen LogP contribution < -0.4 is 10.9 Å². The average molecular weight is 295 g/mol. The van der Waals surface area contributed by atoms with Crippen molar-refractivity contribution in [1.82, 2.24) is 14.8 Å². The van der Waals surface area contributed by atoms with Crippen molar-refractivity contribution in [1.29, 1.82) is 0 Å². The number of nitrogens with one attached hydrogen (secondary N) is 1. The zero-order chi connectivity index (χ0) is 14.9. The summed E-state index contributed by atoms with van der Waals surface area (Å²) in [5.41, 5.74) is -0.410. The van der Waals surface area contributed by atoms with Gasteiger partial charge in [0.2, 0.25) is 0 Å². The first-order valence-corrected chi connectivity index (χ1v) is 5.98. The van der Waals surface area contributed by atoms with Crippen LogP contribution >= 0.6 is 11.6 Å². The summed E-state index contributed by atoms with van der Waals surface area (Å²) in [4.78, 5) is 24.0. The molecule has 0 fully saturated rings. The fraction of sp³-hybridized carbons (Fsp3) is 0.167. The lowest BCUT2D eigenvalue weighted by Crippen LogP contribution is -2.29. The summed E-state index contributed by atoms with van der Waals surface area (Å²) in [5.74, 6) is -1.02. The molecule has 0 radical (unpaired) electrons. The van der Waals surface area contributed by atoms with Gasteiger partial charge in [0.05, 0.1) is 0 Å². The number of rotatable bonds is 2. The Morgan fingerprint density at radius 2 is 2.10 bits per heavy atom. The minimum atomic E-state index is -0.764. The third-order valence-corrected chi connectivity index (χ3v) is 2.95. The number of amides is 1. The number of nitrogens with zero attached hydrogens (tertiary/aromatic N) is 3. The van der Waals surface area contributed by atoms with Crippen LogP contribution in [0.4, 0.5) is 5.82 Å². The lowest BCUT2D eigenvalue weighted by atomic mass is 10.2. The van der Waals surface area contributed by atoms with E-state index in [4.69, 9.17) is 11.6 Å². The summed E-state index contributed by atoms with van der Waals surface area (Å²) in [6.07, 6.45) is 0. The molecule has 2 aromatic rings. The van der Waals surface area contributed by atoms with Crippen LogP contribution in [0.3, 0.4) is 0 Å². The van der Waals surface area contributed by atoms with Gasteiger partial charge in [-0.1, -0.05) is 11.6 Å². The number of aromatic hydroxyl groups is 1. The lowest BCUT2D eigenvalue weighted by molar-refractivity contribution is 0.102. The number of hydrogen-bond acceptors (Lipinski definition) is 5. The number of anilines is 1. The summed E-state index contributed by atoms with van der Waals surface area (Å²) < 4.78 is 1.27. The SMILES string of the molecule is Cc1cc(O)c(C(=O)Nc2ccc(Cl)nn2)c(=O)n1C. The number of carbonyl (C=O) groups is 1. The highest BCUT2D eigenvalue weighted by Gasteiger charge is 2.19. The van der Waals surface area contributed by atoms with Crippen molar-refractivity contribution in [2.45, 2.75) is 6.92 Å². The quantitative estimate of drug-likeness (QED) is 0.864. The number of aryl methyl sites for hydroxylation is 1. The highest BCUT2D eigenvalue weighted by molar-refractivity contribution is 6.29. The number of aromatic nitrogens is 3. The summed E-state index contributed by atoms with van der Waals surface area (Å²) in [6, 6.07) is 4.21. The van der Waals surface area contributed by atoms with Gasteiger partial charge in [0.25, 0.3) is 11.5 Å². The Hall–Kier alpha value is -2.41. The number of halogens is 1. The van der Waals surface area contributed by atoms with Crippen LogP contribution in [0, 0.1) is 6.92 Å². The Labute approximate surface area is 118 Å². The Balaban J connectivity index is 2.37. The molecule has 0 spiro atoms. The molecule has 0 saturated heterocycles. The smallest absolute Gasteiger partial charge is 0.267 e. The summed E-state index contributed by atoms with van der Waals surface area (Å²) in [6.45, 7) is 1.65. The van der Waals surface area contributed by atoms with E-state index in [9.17, 15) is 14.7 Å². The van der Waals surface area contributed by atoms with Crippen molar-refractivity contribution >= 4 is 23.3 Å². The van der Waals surface area contributed by atoms with Crippen LogP contribution in [0.5, 0.6) is 5.75 Å². The van der Waals surface area contributed by atoms with Gasteiger partial charge in [0.1, 0.15) is 11.3 Å². The maximum absolute atomic E-state index is 12.0. The van der Waals surface area contributed by atoms with Crippen molar-refractivity contribution in [2.75, 3.05) is 5.32 Å². The summed E-state index contributed by atoms with van der Waals surface area (Å²) in [7, 11) is 1.51. The second kappa shape index (κ2) is 5.30. The van der Waals surface area contributed by atoms with Gasteiger partial charge in [0, 0.05) is 18.8 Å². The van der Waals surface area contributed by atoms with Crippen LogP contribution in [0.1, 0.15) is 16.1 Å². The first kappa shape index (κ1) is 14.0. The molecule has 1 amide bonds. The highest BCUT2D eigenvalue weighted by atomic mass is 35.5. The first-order valence-electron chi connectivity index (χ1n) is 5.60. The van der Waals surface area contributed by atoms with E-state index in [1.165, 1.54) is 29.8 Å². The molecule has 0 aromatic carbocycles. The minimum Gasteiger partial charge on any atom is -0.507 e. The van der Waals surface area contributed by atoms with E-state index in [1.807, 2.05) is 0 Å². The maximum atomic E-state index is 12.0. The van der Waals surface area contributed by atoms with Crippen LogP contribution in [0.25, 0.3) is 0 Å². The van der Waals surface area contributed by atoms with Crippen molar-refractivity contribution in [3.8, 4) is 5.75 Å². The first-order chi connectivity index (χ1) is 9.40. The predicted octanol–water partition coefficient (Wildman–Crippen LogP) is 1.10. The fourth-order valence-electron chi connectivity index (χ4n) is 1.58. The van der Waals surface area contributed by atoms with Gasteiger partial charge in [-0.25, -0.2) is 0 Å². The molecule has 2 heterocycles. The highest BCUT2D eigenvalue weighted by Crippen LogP contribution is 2.16. The minimum absolute atomic E-state index is 0.126. The third kappa shape index (κ3) is 2.62. The summed E-state index contributed by atoms with van der Waals surface area (Å²) in [5, 5.41) is 19.5. The second-order valence-electron chi connectivity index (χ2n) is 4.11. The topological polar surface area (TPSA) is 97.1 Å². The zero-order valence-corrected chi connectivity index (χ0v) is 11.5. The van der Waals surface area contributed by atoms with Gasteiger partial charge < -0.3 is 15.0 Å². The molecule has 7 nitrogen and oxygen atoms in total. The molecule has 2 N–H and O–H groups in total. The van der Waals surface area contributed by atoms with Crippen LogP contribution in [0.15, 0.2) is 23.0 Å². The van der Waals surface area contributed by atoms with Gasteiger partial charge in [-0.15, -0.1) is 10.2 Å². The van der Waals surface area contributed by atoms with E-state index in [2.05, 4.69) is 15.5 Å². The number of carbonyl (C=O) groups excluding carboxylic acids is 1. The number of pyridine rings is 1. The Morgan fingerprint density at radius 1 is 1.40 bits per heavy atom. The van der Waals surface area contributed by atoms with E-state index in [-0.39, 0.29) is 22.3 Å². The molecule has 0 bridgehead atoms. The molecule has 8 heteroatoms. The zero-order valence-electron chi connectivity index (χ0n) is 10.7. The molecule has 20 heavy (non-hydrogen) atoms. The third-order valence-electron chi connectivity index (χ3n) is 2.75. The normalized spacial score (nSPS) is 10.3. The van der Waals surface area contributed by atoms with E-state index in [0.29, 0.717) is 5.69 Å². The maximum Gasteiger partial charge on any atom is 0.267 e. The lowest BCUT2D eigenvalue weighted by Gasteiger charge is -2.09. The largest absolute Gasteiger partial charge is 0.507 e. The van der Waals surface area contributed by atoms with Crippen LogP contribution in [-0.2, 0) is 7.05 Å². The van der Waals surface area contributed by atoms with E-state index < -0.39 is 11.5 Å². The standard InChI is InChI=1S/C12H11ClN4O3/c1-6-5-7(18)10(12(20)17(6)2)11(19)14-9-4-3-8(13)15-16-9/h3-5,18H,1-2H3,(H,14,16,19). The van der Waals surface area contributed by atoms with Crippen molar-refractivity contribution in [3.05, 3.63) is 45.0 Å². The summed E-state index contributed by atoms with van der Waals surface area (Å²) >= 11 is 5.57. The van der Waals surface area contributed by atoms with Crippen LogP contribution in [0.2, 0.25) is 5.15 Å². The molecule has 0 saturated carbocycles. The van der Waals surface area contributed by atoms with Crippen molar-refractivity contribution < 1.29 is 9.90 Å². The van der Waals surface area contributed by atoms with Gasteiger partial charge in [-0.3, -0.25) is 9.59 Å². The molecule has 0 aliphatic heterocycles. The Morgan fingerprint density at radius 3 is 2.70 bits per heavy atom. The van der Waals surface area contributed by atoms with Gasteiger partial charge in [-0.2, -0.15) is 0 Å². The van der Waals surface area contributed by atoms with Crippen molar-refractivity contribution in [3.63, 3.8) is 0 Å². The molecule has 0 unspecified atom stereocenters. The predicted molar refractivity (Wildman–Crippen MR) is 73.1 cm³/mol. The molecule has 2 aromatic heterocycles. The number of hydrogen-bond donors (Lipinski definition) is 2. The van der Waals surface area contributed by atoms with Crippen LogP contribution in [-0.4, -0.2) is 25.8 Å². The molecular weight excluding hydrogens is 284 g/mol. The fourth-order valence-corrected chi connectivity index (χ4v) is 1.68. The van der Waals surface area contributed by atoms with E-state index >= 15 is 0 Å². The Bertz CT molecular complexity index is 725. The monoisotopic (exact) mass is 294 g/mol. The average Bonchev–Trinajstić information content (AvgIpc) is 2.39. The molecule has 104 valence electrons. The van der Waals surface area contributed by atoms with Gasteiger partial charge >= 0.3 is 0 Å².